The van der Waals surface area contributed by atoms with E-state index >= 15 is 0 Å². The minimum Gasteiger partial charge on any atom is -0.436 e. The van der Waals surface area contributed by atoms with Gasteiger partial charge in [0.25, 0.3) is 0 Å². The molecule has 94 valence electrons. The molecule has 6 heteroatoms. The number of halogens is 3. The largest absolute Gasteiger partial charge is 0.449 e. The summed E-state index contributed by atoms with van der Waals surface area (Å²) in [5.41, 5.74) is 5.25. The van der Waals surface area contributed by atoms with E-state index in [2.05, 4.69) is 4.42 Å². The van der Waals surface area contributed by atoms with Gasteiger partial charge in [-0.3, -0.25) is 4.79 Å². The molecule has 0 spiro atoms. The van der Waals surface area contributed by atoms with E-state index in [1.807, 2.05) is 0 Å². The lowest BCUT2D eigenvalue weighted by atomic mass is 10.1. The number of carbonyl (C=O) groups is 1. The predicted molar refractivity (Wildman–Crippen MR) is 58.0 cm³/mol. The molecule has 0 aliphatic carbocycles. The standard InChI is InChI=1S/C12H8F3NO2/c13-12(14,15)9-6-8(11(16)18-9)10(17)7-4-2-1-3-5-7/h1-6H,16H2. The lowest BCUT2D eigenvalue weighted by Crippen LogP contribution is -2.04. The number of benzene rings is 1. The van der Waals surface area contributed by atoms with Crippen LogP contribution >= 0.6 is 0 Å². The van der Waals surface area contributed by atoms with Crippen molar-refractivity contribution in [3.8, 4) is 0 Å². The summed E-state index contributed by atoms with van der Waals surface area (Å²) in [6.07, 6.45) is -4.66. The van der Waals surface area contributed by atoms with Crippen molar-refractivity contribution in [3.05, 3.63) is 53.3 Å². The third-order valence-corrected chi connectivity index (χ3v) is 2.32. The Balaban J connectivity index is 2.41. The molecule has 0 amide bonds. The number of ketones is 1. The summed E-state index contributed by atoms with van der Waals surface area (Å²) in [4.78, 5) is 11.9. The molecular weight excluding hydrogens is 247 g/mol. The number of hydrogen-bond donors (Lipinski definition) is 1. The molecule has 0 unspecified atom stereocenters. The lowest BCUT2D eigenvalue weighted by Gasteiger charge is -1.99. The van der Waals surface area contributed by atoms with Crippen LogP contribution in [0.3, 0.4) is 0 Å². The van der Waals surface area contributed by atoms with Gasteiger partial charge in [-0.2, -0.15) is 13.2 Å². The number of anilines is 1. The van der Waals surface area contributed by atoms with Crippen LogP contribution in [0.4, 0.5) is 19.1 Å². The van der Waals surface area contributed by atoms with Crippen LogP contribution in [0.25, 0.3) is 0 Å². The number of alkyl halides is 3. The molecule has 0 radical (unpaired) electrons. The Morgan fingerprint density at radius 2 is 1.78 bits per heavy atom. The minimum absolute atomic E-state index is 0.249. The summed E-state index contributed by atoms with van der Waals surface area (Å²) >= 11 is 0. The number of furan rings is 1. The quantitative estimate of drug-likeness (QED) is 0.839. The molecule has 1 heterocycles. The molecule has 0 aliphatic heterocycles. The highest BCUT2D eigenvalue weighted by Crippen LogP contribution is 2.34. The van der Waals surface area contributed by atoms with Crippen LogP contribution in [0, 0.1) is 0 Å². The first kappa shape index (κ1) is 12.2. The molecule has 0 atom stereocenters. The van der Waals surface area contributed by atoms with Crippen LogP contribution in [-0.4, -0.2) is 5.78 Å². The highest BCUT2D eigenvalue weighted by molar-refractivity contribution is 6.11. The van der Waals surface area contributed by atoms with Crippen molar-refractivity contribution in [2.45, 2.75) is 6.18 Å². The van der Waals surface area contributed by atoms with Gasteiger partial charge in [-0.1, -0.05) is 30.3 Å². The average molecular weight is 255 g/mol. The van der Waals surface area contributed by atoms with Crippen molar-refractivity contribution >= 4 is 11.7 Å². The van der Waals surface area contributed by atoms with E-state index in [1.54, 1.807) is 18.2 Å². The van der Waals surface area contributed by atoms with Gasteiger partial charge in [0.15, 0.2) is 5.78 Å². The van der Waals surface area contributed by atoms with Crippen LogP contribution in [0.15, 0.2) is 40.8 Å². The first-order chi connectivity index (χ1) is 8.39. The highest BCUT2D eigenvalue weighted by Gasteiger charge is 2.37. The maximum atomic E-state index is 12.4. The van der Waals surface area contributed by atoms with E-state index in [1.165, 1.54) is 12.1 Å². The second kappa shape index (κ2) is 4.21. The Kier molecular flexibility index (Phi) is 2.86. The van der Waals surface area contributed by atoms with E-state index in [0.29, 0.717) is 6.07 Å². The number of hydrogen-bond acceptors (Lipinski definition) is 3. The Labute approximate surface area is 100 Å². The molecule has 1 aromatic heterocycles. The number of nitrogens with two attached hydrogens (primary N) is 1. The van der Waals surface area contributed by atoms with Crippen molar-refractivity contribution in [2.75, 3.05) is 5.73 Å². The summed E-state index contributed by atoms with van der Waals surface area (Å²) in [7, 11) is 0. The molecular formula is C12H8F3NO2. The summed E-state index contributed by atoms with van der Waals surface area (Å²) in [6, 6.07) is 8.49. The molecule has 1 aromatic carbocycles. The maximum absolute atomic E-state index is 12.4. The lowest BCUT2D eigenvalue weighted by molar-refractivity contribution is -0.152. The van der Waals surface area contributed by atoms with Gasteiger partial charge in [0.05, 0.1) is 5.56 Å². The van der Waals surface area contributed by atoms with E-state index in [0.717, 1.165) is 0 Å². The van der Waals surface area contributed by atoms with Crippen molar-refractivity contribution in [1.82, 2.24) is 0 Å². The van der Waals surface area contributed by atoms with Crippen LogP contribution < -0.4 is 5.73 Å². The van der Waals surface area contributed by atoms with Crippen molar-refractivity contribution < 1.29 is 22.4 Å². The van der Waals surface area contributed by atoms with Crippen LogP contribution in [0.1, 0.15) is 21.7 Å². The van der Waals surface area contributed by atoms with Crippen LogP contribution in [0.5, 0.6) is 0 Å². The zero-order chi connectivity index (χ0) is 13.3. The average Bonchev–Trinajstić information content (AvgIpc) is 2.71. The Bertz CT molecular complexity index is 573. The number of rotatable bonds is 2. The predicted octanol–water partition coefficient (Wildman–Crippen LogP) is 3.11. The van der Waals surface area contributed by atoms with Crippen LogP contribution in [-0.2, 0) is 6.18 Å². The van der Waals surface area contributed by atoms with Gasteiger partial charge in [0.1, 0.15) is 0 Å². The van der Waals surface area contributed by atoms with Crippen molar-refractivity contribution in [1.29, 1.82) is 0 Å². The molecule has 0 saturated carbocycles. The third-order valence-electron chi connectivity index (χ3n) is 2.32. The first-order valence-corrected chi connectivity index (χ1v) is 4.96. The Morgan fingerprint density at radius 3 is 2.28 bits per heavy atom. The summed E-state index contributed by atoms with van der Waals surface area (Å²) in [5, 5.41) is 0. The zero-order valence-corrected chi connectivity index (χ0v) is 8.99. The molecule has 0 fully saturated rings. The first-order valence-electron chi connectivity index (χ1n) is 4.96. The fraction of sp³-hybridized carbons (Fsp3) is 0.0833. The second-order valence-corrected chi connectivity index (χ2v) is 3.58. The van der Waals surface area contributed by atoms with Gasteiger partial charge >= 0.3 is 6.18 Å². The van der Waals surface area contributed by atoms with Gasteiger partial charge in [0, 0.05) is 11.6 Å². The SMILES string of the molecule is Nc1oc(C(F)(F)F)cc1C(=O)c1ccccc1. The monoisotopic (exact) mass is 255 g/mol. The van der Waals surface area contributed by atoms with Gasteiger partial charge in [0.2, 0.25) is 11.6 Å². The topological polar surface area (TPSA) is 56.2 Å². The minimum atomic E-state index is -4.66. The fourth-order valence-corrected chi connectivity index (χ4v) is 1.47. The molecule has 0 saturated heterocycles. The highest BCUT2D eigenvalue weighted by atomic mass is 19.4. The zero-order valence-electron chi connectivity index (χ0n) is 8.99. The number of nitrogen functional groups attached to an aromatic ring is 1. The Hall–Kier alpha value is -2.24. The molecule has 2 N–H and O–H groups in total. The van der Waals surface area contributed by atoms with E-state index in [4.69, 9.17) is 5.73 Å². The normalized spacial score (nSPS) is 11.5. The van der Waals surface area contributed by atoms with Gasteiger partial charge in [-0.05, 0) is 0 Å². The molecule has 3 nitrogen and oxygen atoms in total. The molecule has 0 bridgehead atoms. The van der Waals surface area contributed by atoms with E-state index in [-0.39, 0.29) is 11.1 Å². The summed E-state index contributed by atoms with van der Waals surface area (Å²) in [6.45, 7) is 0. The summed E-state index contributed by atoms with van der Waals surface area (Å²) < 4.78 is 41.5. The molecule has 2 rings (SSSR count). The third kappa shape index (κ3) is 2.22. The molecule has 0 aliphatic rings. The van der Waals surface area contributed by atoms with Gasteiger partial charge in [-0.15, -0.1) is 0 Å². The van der Waals surface area contributed by atoms with E-state index < -0.39 is 23.6 Å². The van der Waals surface area contributed by atoms with E-state index in [9.17, 15) is 18.0 Å². The smallest absolute Gasteiger partial charge is 0.436 e. The van der Waals surface area contributed by atoms with Crippen molar-refractivity contribution in [3.63, 3.8) is 0 Å². The van der Waals surface area contributed by atoms with Crippen LogP contribution in [0.2, 0.25) is 0 Å². The van der Waals surface area contributed by atoms with Crippen molar-refractivity contribution in [2.24, 2.45) is 0 Å². The molecule has 18 heavy (non-hydrogen) atoms. The fourth-order valence-electron chi connectivity index (χ4n) is 1.47. The van der Waals surface area contributed by atoms with Gasteiger partial charge < -0.3 is 10.2 Å². The molecule has 2 aromatic rings. The Morgan fingerprint density at radius 1 is 1.17 bits per heavy atom. The second-order valence-electron chi connectivity index (χ2n) is 3.58. The van der Waals surface area contributed by atoms with Gasteiger partial charge in [-0.25, -0.2) is 0 Å². The summed E-state index contributed by atoms with van der Waals surface area (Å²) in [5.74, 6) is -2.41. The maximum Gasteiger partial charge on any atom is 0.449 e. The number of carbonyl (C=O) groups excluding carboxylic acids is 1.